The minimum absolute atomic E-state index is 0.166. The average molecular weight is 245 g/mol. The van der Waals surface area contributed by atoms with Gasteiger partial charge in [-0.25, -0.2) is 0 Å². The lowest BCUT2D eigenvalue weighted by Gasteiger charge is -1.99. The molecule has 0 saturated carbocycles. The van der Waals surface area contributed by atoms with Crippen LogP contribution in [0.2, 0.25) is 0 Å². The quantitative estimate of drug-likeness (QED) is 0.664. The van der Waals surface area contributed by atoms with Crippen LogP contribution in [-0.4, -0.2) is 20.2 Å². The first-order valence-corrected chi connectivity index (χ1v) is 5.89. The molecular formula is C13H17N4O+. The van der Waals surface area contributed by atoms with Crippen LogP contribution in [-0.2, 0) is 0 Å². The molecular weight excluding hydrogens is 228 g/mol. The maximum atomic E-state index is 10.0. The molecule has 1 aromatic heterocycles. The number of nitrogens with zero attached hydrogens (tertiary/aromatic N) is 4. The van der Waals surface area contributed by atoms with E-state index in [4.69, 9.17) is 0 Å². The standard InChI is InChI=1S/C13H16N4O/c1-10(2)17-11(3)16(14-15-17)9-13(18)12-7-5-4-6-8-12/h4-10H,1-3H3/p+1/b13-9-. The Kier molecular flexibility index (Phi) is 3.41. The van der Waals surface area contributed by atoms with Crippen molar-refractivity contribution in [1.82, 2.24) is 15.1 Å². The smallest absolute Gasteiger partial charge is 0.259 e. The van der Waals surface area contributed by atoms with Crippen LogP contribution >= 0.6 is 0 Å². The van der Waals surface area contributed by atoms with Crippen LogP contribution in [0.1, 0.15) is 31.3 Å². The van der Waals surface area contributed by atoms with E-state index in [0.29, 0.717) is 0 Å². The summed E-state index contributed by atoms with van der Waals surface area (Å²) in [5.74, 6) is 1.03. The summed E-state index contributed by atoms with van der Waals surface area (Å²) < 4.78 is 3.37. The number of rotatable bonds is 3. The van der Waals surface area contributed by atoms with Crippen LogP contribution in [0.15, 0.2) is 30.3 Å². The molecule has 0 aliphatic carbocycles. The first-order chi connectivity index (χ1) is 8.59. The highest BCUT2D eigenvalue weighted by molar-refractivity contribution is 5.68. The van der Waals surface area contributed by atoms with Crippen LogP contribution < -0.4 is 4.68 Å². The Hall–Kier alpha value is -2.17. The van der Waals surface area contributed by atoms with Gasteiger partial charge in [-0.1, -0.05) is 35.0 Å². The summed E-state index contributed by atoms with van der Waals surface area (Å²) in [5, 5.41) is 18.0. The molecule has 1 heterocycles. The van der Waals surface area contributed by atoms with E-state index >= 15 is 0 Å². The Bertz CT molecular complexity index is 558. The summed E-state index contributed by atoms with van der Waals surface area (Å²) in [6.07, 6.45) is 1.57. The van der Waals surface area contributed by atoms with Crippen LogP contribution in [0, 0.1) is 6.92 Å². The summed E-state index contributed by atoms with van der Waals surface area (Å²) in [4.78, 5) is 0. The zero-order valence-corrected chi connectivity index (χ0v) is 10.8. The Morgan fingerprint density at radius 3 is 2.56 bits per heavy atom. The lowest BCUT2D eigenvalue weighted by molar-refractivity contribution is -0.777. The molecule has 0 spiro atoms. The molecule has 2 rings (SSSR count). The fraction of sp³-hybridized carbons (Fsp3) is 0.308. The first kappa shape index (κ1) is 12.3. The molecule has 18 heavy (non-hydrogen) atoms. The molecule has 0 aliphatic heterocycles. The van der Waals surface area contributed by atoms with Crippen molar-refractivity contribution in [1.29, 1.82) is 0 Å². The molecule has 0 atom stereocenters. The van der Waals surface area contributed by atoms with Crippen molar-refractivity contribution in [3.63, 3.8) is 0 Å². The van der Waals surface area contributed by atoms with E-state index in [2.05, 4.69) is 10.4 Å². The summed E-state index contributed by atoms with van der Waals surface area (Å²) in [6.45, 7) is 5.98. The SMILES string of the molecule is Cc1n(/C=C(\O)c2ccccc2)nn[n+]1C(C)C. The topological polar surface area (TPSA) is 54.8 Å². The van der Waals surface area contributed by atoms with Gasteiger partial charge in [0.1, 0.15) is 5.21 Å². The molecule has 94 valence electrons. The van der Waals surface area contributed by atoms with Gasteiger partial charge in [0.25, 0.3) is 5.82 Å². The predicted octanol–water partition coefficient (Wildman–Crippen LogP) is 1.97. The molecule has 0 fully saturated rings. The van der Waals surface area contributed by atoms with Gasteiger partial charge in [-0.3, -0.25) is 0 Å². The van der Waals surface area contributed by atoms with Gasteiger partial charge in [-0.2, -0.15) is 0 Å². The Balaban J connectivity index is 2.34. The van der Waals surface area contributed by atoms with E-state index < -0.39 is 0 Å². The lowest BCUT2D eigenvalue weighted by atomic mass is 10.2. The third-order valence-corrected chi connectivity index (χ3v) is 2.70. The Morgan fingerprint density at radius 1 is 1.33 bits per heavy atom. The van der Waals surface area contributed by atoms with Gasteiger partial charge in [0, 0.05) is 12.5 Å². The van der Waals surface area contributed by atoms with Crippen LogP contribution in [0.25, 0.3) is 12.0 Å². The fourth-order valence-corrected chi connectivity index (χ4v) is 1.72. The number of aromatic nitrogens is 4. The number of hydrogen-bond acceptors (Lipinski definition) is 3. The number of aliphatic hydroxyl groups excluding tert-OH is 1. The molecule has 0 saturated heterocycles. The Labute approximate surface area is 106 Å². The van der Waals surface area contributed by atoms with Crippen LogP contribution in [0.5, 0.6) is 0 Å². The molecule has 1 aromatic carbocycles. The second-order valence-corrected chi connectivity index (χ2v) is 4.39. The van der Waals surface area contributed by atoms with Gasteiger partial charge in [-0.15, -0.1) is 4.68 Å². The summed E-state index contributed by atoms with van der Waals surface area (Å²) in [7, 11) is 0. The highest BCUT2D eigenvalue weighted by Crippen LogP contribution is 2.11. The maximum Gasteiger partial charge on any atom is 0.259 e. The van der Waals surface area contributed by atoms with Crippen molar-refractivity contribution in [2.75, 3.05) is 0 Å². The van der Waals surface area contributed by atoms with Crippen molar-refractivity contribution < 1.29 is 9.79 Å². The number of benzene rings is 1. The van der Waals surface area contributed by atoms with Gasteiger partial charge in [0.05, 0.1) is 6.04 Å². The molecule has 0 bridgehead atoms. The molecule has 0 unspecified atom stereocenters. The number of tetrazole rings is 1. The van der Waals surface area contributed by atoms with E-state index in [1.807, 2.05) is 51.1 Å². The molecule has 5 heteroatoms. The van der Waals surface area contributed by atoms with Gasteiger partial charge in [0.15, 0.2) is 17.2 Å². The van der Waals surface area contributed by atoms with Gasteiger partial charge in [0.2, 0.25) is 0 Å². The second kappa shape index (κ2) is 5.00. The monoisotopic (exact) mass is 245 g/mol. The summed E-state index contributed by atoms with van der Waals surface area (Å²) >= 11 is 0. The maximum absolute atomic E-state index is 10.0. The largest absolute Gasteiger partial charge is 0.504 e. The van der Waals surface area contributed by atoms with Crippen LogP contribution in [0.4, 0.5) is 0 Å². The van der Waals surface area contributed by atoms with E-state index in [1.165, 1.54) is 0 Å². The van der Waals surface area contributed by atoms with E-state index in [0.717, 1.165) is 11.4 Å². The van der Waals surface area contributed by atoms with Crippen molar-refractivity contribution in [3.8, 4) is 0 Å². The average Bonchev–Trinajstić information content (AvgIpc) is 2.72. The minimum atomic E-state index is 0.166. The van der Waals surface area contributed by atoms with Crippen LogP contribution in [0.3, 0.4) is 0 Å². The first-order valence-electron chi connectivity index (χ1n) is 5.89. The highest BCUT2D eigenvalue weighted by Gasteiger charge is 2.17. The van der Waals surface area contributed by atoms with Gasteiger partial charge in [-0.05, 0) is 13.8 Å². The van der Waals surface area contributed by atoms with E-state index in [9.17, 15) is 5.11 Å². The van der Waals surface area contributed by atoms with Gasteiger partial charge < -0.3 is 5.11 Å². The van der Waals surface area contributed by atoms with E-state index in [1.54, 1.807) is 15.6 Å². The number of hydrogen-bond donors (Lipinski definition) is 1. The highest BCUT2D eigenvalue weighted by atomic mass is 16.3. The minimum Gasteiger partial charge on any atom is -0.504 e. The normalized spacial score (nSPS) is 12.1. The lowest BCUT2D eigenvalue weighted by Crippen LogP contribution is -2.41. The van der Waals surface area contributed by atoms with Crippen molar-refractivity contribution in [2.45, 2.75) is 26.8 Å². The number of aliphatic hydroxyl groups is 1. The third-order valence-electron chi connectivity index (χ3n) is 2.70. The fourth-order valence-electron chi connectivity index (χ4n) is 1.72. The Morgan fingerprint density at radius 2 is 2.00 bits per heavy atom. The molecule has 5 nitrogen and oxygen atoms in total. The predicted molar refractivity (Wildman–Crippen MR) is 68.6 cm³/mol. The van der Waals surface area contributed by atoms with E-state index in [-0.39, 0.29) is 11.8 Å². The molecule has 1 N–H and O–H groups in total. The molecule has 0 aliphatic rings. The van der Waals surface area contributed by atoms with Gasteiger partial charge >= 0.3 is 0 Å². The second-order valence-electron chi connectivity index (χ2n) is 4.39. The molecule has 0 radical (unpaired) electrons. The third kappa shape index (κ3) is 2.40. The van der Waals surface area contributed by atoms with Crippen molar-refractivity contribution in [2.24, 2.45) is 0 Å². The zero-order chi connectivity index (χ0) is 13.1. The molecule has 2 aromatic rings. The summed E-state index contributed by atoms with van der Waals surface area (Å²) in [6, 6.07) is 9.59. The molecule has 0 amide bonds. The summed E-state index contributed by atoms with van der Waals surface area (Å²) in [5.41, 5.74) is 0.753. The van der Waals surface area contributed by atoms with Crippen molar-refractivity contribution in [3.05, 3.63) is 41.7 Å². The zero-order valence-electron chi connectivity index (χ0n) is 10.8. The van der Waals surface area contributed by atoms with Crippen molar-refractivity contribution >= 4 is 12.0 Å².